The Hall–Kier alpha value is -4.58. The minimum atomic E-state index is -1.09. The van der Waals surface area contributed by atoms with Crippen LogP contribution in [-0.4, -0.2) is 89.5 Å². The zero-order chi connectivity index (χ0) is 29.6. The van der Waals surface area contributed by atoms with E-state index in [4.69, 9.17) is 27.4 Å². The van der Waals surface area contributed by atoms with E-state index in [-0.39, 0.29) is 24.8 Å². The average molecular weight is 566 g/mol. The number of carboxylic acid groups (broad SMARTS) is 1. The number of anilines is 3. The maximum atomic E-state index is 12.7. The third-order valence-corrected chi connectivity index (χ3v) is 5.90. The van der Waals surface area contributed by atoms with Gasteiger partial charge in [0.1, 0.15) is 12.6 Å². The Bertz CT molecular complexity index is 1350. The van der Waals surface area contributed by atoms with E-state index in [9.17, 15) is 14.7 Å². The smallest absolute Gasteiger partial charge is 0.326 e. The van der Waals surface area contributed by atoms with Crippen LogP contribution in [0.2, 0.25) is 0 Å². The predicted molar refractivity (Wildman–Crippen MR) is 154 cm³/mol. The van der Waals surface area contributed by atoms with Crippen molar-refractivity contribution in [2.75, 3.05) is 62.9 Å². The molecule has 0 aliphatic carbocycles. The molecule has 1 amide bonds. The van der Waals surface area contributed by atoms with Gasteiger partial charge in [0.2, 0.25) is 5.95 Å². The maximum Gasteiger partial charge on any atom is 0.326 e. The molecule has 14 heteroatoms. The van der Waals surface area contributed by atoms with Crippen LogP contribution in [0.1, 0.15) is 28.9 Å². The fraction of sp³-hybridized carbons (Fsp3) is 0.407. The highest BCUT2D eigenvalue weighted by Gasteiger charge is 2.20. The van der Waals surface area contributed by atoms with Crippen molar-refractivity contribution in [1.29, 1.82) is 0 Å². The van der Waals surface area contributed by atoms with Crippen LogP contribution in [0.4, 0.5) is 17.5 Å². The van der Waals surface area contributed by atoms with Crippen LogP contribution in [0, 0.1) is 12.3 Å². The molecule has 0 saturated heterocycles. The second kappa shape index (κ2) is 15.9. The highest BCUT2D eigenvalue weighted by molar-refractivity contribution is 5.96. The van der Waals surface area contributed by atoms with Crippen LogP contribution in [0.3, 0.4) is 0 Å². The van der Waals surface area contributed by atoms with Crippen molar-refractivity contribution in [1.82, 2.24) is 30.6 Å². The van der Waals surface area contributed by atoms with Crippen LogP contribution in [0.5, 0.6) is 0 Å². The molecule has 1 aromatic carbocycles. The van der Waals surface area contributed by atoms with Gasteiger partial charge in [0.25, 0.3) is 5.91 Å². The van der Waals surface area contributed by atoms with Gasteiger partial charge < -0.3 is 41.6 Å². The van der Waals surface area contributed by atoms with Crippen LogP contribution < -0.4 is 27.0 Å². The summed E-state index contributed by atoms with van der Waals surface area (Å²) in [6.07, 6.45) is 7.52. The number of fused-ring (bicyclic) bond motifs is 1. The highest BCUT2D eigenvalue weighted by Crippen LogP contribution is 2.19. The summed E-state index contributed by atoms with van der Waals surface area (Å²) in [5.74, 6) is 1.01. The summed E-state index contributed by atoms with van der Waals surface area (Å²) >= 11 is 0. The molecule has 2 aromatic heterocycles. The average Bonchev–Trinajstić information content (AvgIpc) is 2.95. The van der Waals surface area contributed by atoms with Gasteiger partial charge in [0.15, 0.2) is 17.0 Å². The number of ether oxygens (including phenoxy) is 2. The Morgan fingerprint density at radius 1 is 1.10 bits per heavy atom. The quantitative estimate of drug-likeness (QED) is 0.111. The molecule has 0 aliphatic rings. The van der Waals surface area contributed by atoms with Gasteiger partial charge in [0, 0.05) is 24.8 Å². The number of hydrogen-bond acceptors (Lipinski definition) is 12. The van der Waals surface area contributed by atoms with Crippen LogP contribution >= 0.6 is 0 Å². The molecule has 41 heavy (non-hydrogen) atoms. The molecule has 7 N–H and O–H groups in total. The number of nitrogens with two attached hydrogens (primary N) is 2. The number of benzene rings is 1. The molecule has 0 bridgehead atoms. The third-order valence-electron chi connectivity index (χ3n) is 5.90. The number of aromatic nitrogens is 4. The molecule has 0 spiro atoms. The van der Waals surface area contributed by atoms with E-state index in [2.05, 4.69) is 36.5 Å². The Kier molecular flexibility index (Phi) is 12.0. The van der Waals surface area contributed by atoms with Crippen molar-refractivity contribution in [2.45, 2.75) is 25.4 Å². The van der Waals surface area contributed by atoms with E-state index < -0.39 is 17.9 Å². The van der Waals surface area contributed by atoms with Crippen LogP contribution in [0.25, 0.3) is 11.2 Å². The fourth-order valence-corrected chi connectivity index (χ4v) is 3.81. The Labute approximate surface area is 237 Å². The molecule has 2 heterocycles. The molecule has 0 fully saturated rings. The van der Waals surface area contributed by atoms with Crippen molar-refractivity contribution in [3.05, 3.63) is 41.7 Å². The first-order valence-electron chi connectivity index (χ1n) is 13.0. The standard InChI is InChI=1S/C27H35N9O5/c1-3-12-40-14-15-41-13-11-30-10-4-5-21(26(38)39)33-25(37)18-6-8-20(9-7-18)36(2)17-19-16-31-24-22(32-19)23(28)34-27(29)35-24/h1,6-9,16,21,30H,4-5,10-15,17H2,2H3,(H,33,37)(H,38,39)(H4,28,29,31,34,35)/t21-/m0/s1. The predicted octanol–water partition coefficient (Wildman–Crippen LogP) is 0.440. The topological polar surface area (TPSA) is 204 Å². The molecule has 3 rings (SSSR count). The van der Waals surface area contributed by atoms with E-state index in [1.165, 1.54) is 0 Å². The normalized spacial score (nSPS) is 11.6. The minimum Gasteiger partial charge on any atom is -0.480 e. The summed E-state index contributed by atoms with van der Waals surface area (Å²) in [7, 11) is 1.86. The first-order valence-corrected chi connectivity index (χ1v) is 13.0. The highest BCUT2D eigenvalue weighted by atomic mass is 16.5. The van der Waals surface area contributed by atoms with Crippen molar-refractivity contribution < 1.29 is 24.2 Å². The number of carboxylic acids is 1. The van der Waals surface area contributed by atoms with Crippen molar-refractivity contribution in [3.63, 3.8) is 0 Å². The lowest BCUT2D eigenvalue weighted by Crippen LogP contribution is -2.41. The summed E-state index contributed by atoms with van der Waals surface area (Å²) in [5.41, 5.74) is 14.0. The monoisotopic (exact) mass is 565 g/mol. The number of nitrogen functional groups attached to an aromatic ring is 2. The molecular weight excluding hydrogens is 530 g/mol. The lowest BCUT2D eigenvalue weighted by Gasteiger charge is -2.19. The summed E-state index contributed by atoms with van der Waals surface area (Å²) in [6.45, 7) is 3.26. The number of carbonyl (C=O) groups is 2. The second-order valence-electron chi connectivity index (χ2n) is 9.03. The van der Waals surface area contributed by atoms with Crippen LogP contribution in [-0.2, 0) is 20.8 Å². The first-order chi connectivity index (χ1) is 19.8. The number of aliphatic carboxylic acids is 1. The zero-order valence-corrected chi connectivity index (χ0v) is 22.9. The van der Waals surface area contributed by atoms with E-state index in [1.54, 1.807) is 30.5 Å². The van der Waals surface area contributed by atoms with Crippen molar-refractivity contribution in [3.8, 4) is 12.3 Å². The fourth-order valence-electron chi connectivity index (χ4n) is 3.81. The van der Waals surface area contributed by atoms with Gasteiger partial charge in [-0.1, -0.05) is 5.92 Å². The molecule has 0 aliphatic heterocycles. The molecule has 0 radical (unpaired) electrons. The van der Waals surface area contributed by atoms with Crippen molar-refractivity contribution >= 4 is 40.5 Å². The molecule has 14 nitrogen and oxygen atoms in total. The Morgan fingerprint density at radius 2 is 1.85 bits per heavy atom. The lowest BCUT2D eigenvalue weighted by atomic mass is 10.1. The summed E-state index contributed by atoms with van der Waals surface area (Å²) in [6, 6.07) is 5.81. The van der Waals surface area contributed by atoms with Gasteiger partial charge in [0.05, 0.1) is 38.3 Å². The number of amides is 1. The number of rotatable bonds is 17. The number of hydrogen-bond donors (Lipinski definition) is 5. The summed E-state index contributed by atoms with van der Waals surface area (Å²) in [4.78, 5) is 43.0. The van der Waals surface area contributed by atoms with Gasteiger partial charge in [-0.3, -0.25) is 4.79 Å². The lowest BCUT2D eigenvalue weighted by molar-refractivity contribution is -0.139. The number of nitrogens with one attached hydrogen (secondary N) is 2. The van der Waals surface area contributed by atoms with E-state index in [1.807, 2.05) is 11.9 Å². The largest absolute Gasteiger partial charge is 0.480 e. The van der Waals surface area contributed by atoms with E-state index in [0.29, 0.717) is 68.3 Å². The van der Waals surface area contributed by atoms with Gasteiger partial charge in [-0.05, 0) is 43.7 Å². The third kappa shape index (κ3) is 9.84. The minimum absolute atomic E-state index is 0.0295. The molecule has 1 atom stereocenters. The first kappa shape index (κ1) is 31.0. The van der Waals surface area contributed by atoms with E-state index in [0.717, 1.165) is 5.69 Å². The SMILES string of the molecule is C#CCOCCOCCNCCC[C@H](NC(=O)c1ccc(N(C)Cc2cnc3nc(N)nc(N)c3n2)cc1)C(=O)O. The van der Waals surface area contributed by atoms with E-state index >= 15 is 0 Å². The maximum absolute atomic E-state index is 12.7. The second-order valence-corrected chi connectivity index (χ2v) is 9.03. The molecular formula is C27H35N9O5. The zero-order valence-electron chi connectivity index (χ0n) is 22.9. The van der Waals surface area contributed by atoms with Gasteiger partial charge in [-0.25, -0.2) is 14.8 Å². The summed E-state index contributed by atoms with van der Waals surface area (Å²) < 4.78 is 10.5. The number of nitrogens with zero attached hydrogens (tertiary/aromatic N) is 5. The number of terminal acetylenes is 1. The molecule has 3 aromatic rings. The number of carbonyl (C=O) groups excluding carboxylic acids is 1. The Balaban J connectivity index is 1.44. The Morgan fingerprint density at radius 3 is 2.59 bits per heavy atom. The van der Waals surface area contributed by atoms with Gasteiger partial charge in [-0.15, -0.1) is 6.42 Å². The van der Waals surface area contributed by atoms with Crippen LogP contribution in [0.15, 0.2) is 30.5 Å². The molecule has 0 unspecified atom stereocenters. The molecule has 0 saturated carbocycles. The molecule has 218 valence electrons. The van der Waals surface area contributed by atoms with Gasteiger partial charge in [-0.2, -0.15) is 9.97 Å². The van der Waals surface area contributed by atoms with Gasteiger partial charge >= 0.3 is 5.97 Å². The van der Waals surface area contributed by atoms with Crippen molar-refractivity contribution in [2.24, 2.45) is 0 Å². The summed E-state index contributed by atoms with van der Waals surface area (Å²) in [5, 5.41) is 15.3.